The van der Waals surface area contributed by atoms with Crippen molar-refractivity contribution >= 4 is 17.6 Å². The number of hydrogen-bond acceptors (Lipinski definition) is 6. The van der Waals surface area contributed by atoms with E-state index in [1.54, 1.807) is 33.2 Å². The van der Waals surface area contributed by atoms with E-state index in [-0.39, 0.29) is 13.2 Å². The van der Waals surface area contributed by atoms with Crippen molar-refractivity contribution in [2.24, 2.45) is 5.41 Å². The number of carbonyl (C=O) groups excluding carboxylic acids is 2. The maximum atomic E-state index is 12.5. The van der Waals surface area contributed by atoms with E-state index in [0.717, 1.165) is 11.4 Å². The van der Waals surface area contributed by atoms with Gasteiger partial charge in [0.05, 0.1) is 20.3 Å². The van der Waals surface area contributed by atoms with E-state index >= 15 is 0 Å². The number of benzene rings is 1. The van der Waals surface area contributed by atoms with Crippen molar-refractivity contribution in [1.82, 2.24) is 0 Å². The molecule has 1 heterocycles. The molecule has 1 aromatic carbocycles. The number of esters is 2. The lowest BCUT2D eigenvalue weighted by Gasteiger charge is -2.32. The second kappa shape index (κ2) is 7.88. The maximum absolute atomic E-state index is 12.5. The Bertz CT molecular complexity index is 672. The summed E-state index contributed by atoms with van der Waals surface area (Å²) >= 11 is 0. The number of ether oxygens (including phenoxy) is 3. The lowest BCUT2D eigenvalue weighted by molar-refractivity contribution is -0.164. The van der Waals surface area contributed by atoms with Gasteiger partial charge in [-0.15, -0.1) is 0 Å². The van der Waals surface area contributed by atoms with Crippen LogP contribution in [0, 0.1) is 5.41 Å². The Morgan fingerprint density at radius 3 is 2.04 bits per heavy atom. The molecule has 0 aromatic heterocycles. The largest absolute Gasteiger partial charge is 0.497 e. The summed E-state index contributed by atoms with van der Waals surface area (Å²) < 4.78 is 15.4. The van der Waals surface area contributed by atoms with Gasteiger partial charge in [-0.2, -0.15) is 0 Å². The Kier molecular flexibility index (Phi) is 5.85. The first-order chi connectivity index (χ1) is 12.0. The fourth-order valence-electron chi connectivity index (χ4n) is 2.63. The van der Waals surface area contributed by atoms with Gasteiger partial charge in [-0.25, -0.2) is 0 Å². The second-order valence-electron chi connectivity index (χ2n) is 5.48. The number of nitrogens with zero attached hydrogens (tertiary/aromatic N) is 1. The third kappa shape index (κ3) is 3.68. The zero-order chi connectivity index (χ0) is 18.4. The molecule has 0 bridgehead atoms. The quantitative estimate of drug-likeness (QED) is 0.583. The number of rotatable bonds is 6. The number of allylic oxidation sites excluding steroid dienone is 1. The number of anilines is 1. The first kappa shape index (κ1) is 18.6. The minimum atomic E-state index is -1.56. The van der Waals surface area contributed by atoms with Crippen LogP contribution < -0.4 is 9.64 Å². The van der Waals surface area contributed by atoms with Gasteiger partial charge in [0.2, 0.25) is 5.41 Å². The highest BCUT2D eigenvalue weighted by Gasteiger charge is 2.47. The predicted octanol–water partition coefficient (Wildman–Crippen LogP) is 3.05. The minimum absolute atomic E-state index is 0.183. The van der Waals surface area contributed by atoms with Crippen molar-refractivity contribution in [3.63, 3.8) is 0 Å². The number of methoxy groups -OCH3 is 1. The molecule has 0 unspecified atom stereocenters. The van der Waals surface area contributed by atoms with Crippen LogP contribution in [0.2, 0.25) is 0 Å². The molecule has 0 aliphatic carbocycles. The lowest BCUT2D eigenvalue weighted by atomic mass is 9.85. The van der Waals surface area contributed by atoms with Crippen LogP contribution in [0.25, 0.3) is 0 Å². The molecule has 6 nitrogen and oxygen atoms in total. The van der Waals surface area contributed by atoms with E-state index in [0.29, 0.717) is 5.70 Å². The Morgan fingerprint density at radius 1 is 1.04 bits per heavy atom. The zero-order valence-electron chi connectivity index (χ0n) is 14.9. The van der Waals surface area contributed by atoms with Gasteiger partial charge < -0.3 is 19.1 Å². The van der Waals surface area contributed by atoms with Crippen LogP contribution in [-0.2, 0) is 19.1 Å². The van der Waals surface area contributed by atoms with E-state index in [1.165, 1.54) is 6.08 Å². The van der Waals surface area contributed by atoms with E-state index in [1.807, 2.05) is 36.1 Å². The average molecular weight is 345 g/mol. The summed E-state index contributed by atoms with van der Waals surface area (Å²) in [6.07, 6.45) is 4.78. The van der Waals surface area contributed by atoms with Gasteiger partial charge in [0.25, 0.3) is 0 Å². The highest BCUT2D eigenvalue weighted by Crippen LogP contribution is 2.35. The Balaban J connectivity index is 2.37. The van der Waals surface area contributed by atoms with Gasteiger partial charge in [0, 0.05) is 17.6 Å². The summed E-state index contributed by atoms with van der Waals surface area (Å²) in [5, 5.41) is 0. The third-order valence-corrected chi connectivity index (χ3v) is 3.88. The topological polar surface area (TPSA) is 65.1 Å². The van der Waals surface area contributed by atoms with Crippen LogP contribution in [0.1, 0.15) is 20.8 Å². The standard InChI is InChI=1S/C19H23NO5/c1-5-24-17(21)19(18(22)25-6-2)11-12-20(14(3)13-19)15-7-9-16(23-4)10-8-15/h7-13H,5-6H2,1-4H3. The number of carbonyl (C=O) groups is 2. The smallest absolute Gasteiger partial charge is 0.331 e. The van der Waals surface area contributed by atoms with E-state index in [9.17, 15) is 9.59 Å². The average Bonchev–Trinajstić information content (AvgIpc) is 2.62. The van der Waals surface area contributed by atoms with Crippen molar-refractivity contribution in [1.29, 1.82) is 0 Å². The van der Waals surface area contributed by atoms with Gasteiger partial charge in [-0.1, -0.05) is 0 Å². The zero-order valence-corrected chi connectivity index (χ0v) is 14.9. The molecule has 0 radical (unpaired) electrons. The van der Waals surface area contributed by atoms with Crippen LogP contribution in [-0.4, -0.2) is 32.3 Å². The molecule has 0 spiro atoms. The van der Waals surface area contributed by atoms with Gasteiger partial charge >= 0.3 is 11.9 Å². The van der Waals surface area contributed by atoms with Crippen LogP contribution in [0.3, 0.4) is 0 Å². The van der Waals surface area contributed by atoms with Crippen molar-refractivity contribution in [3.05, 3.63) is 48.3 Å². The van der Waals surface area contributed by atoms with Crippen LogP contribution in [0.4, 0.5) is 5.69 Å². The van der Waals surface area contributed by atoms with Crippen molar-refractivity contribution in [2.45, 2.75) is 20.8 Å². The molecule has 2 rings (SSSR count). The molecule has 6 heteroatoms. The predicted molar refractivity (Wildman–Crippen MR) is 94.1 cm³/mol. The normalized spacial score (nSPS) is 15.4. The van der Waals surface area contributed by atoms with Gasteiger partial charge in [-0.05, 0) is 57.2 Å². The Hall–Kier alpha value is -2.76. The molecule has 0 fully saturated rings. The highest BCUT2D eigenvalue weighted by molar-refractivity contribution is 6.05. The van der Waals surface area contributed by atoms with Crippen molar-refractivity contribution in [3.8, 4) is 5.75 Å². The van der Waals surface area contributed by atoms with E-state index in [4.69, 9.17) is 14.2 Å². The number of hydrogen-bond donors (Lipinski definition) is 0. The van der Waals surface area contributed by atoms with Gasteiger partial charge in [0.1, 0.15) is 5.75 Å². The van der Waals surface area contributed by atoms with E-state index < -0.39 is 17.4 Å². The highest BCUT2D eigenvalue weighted by atomic mass is 16.6. The molecule has 25 heavy (non-hydrogen) atoms. The summed E-state index contributed by atoms with van der Waals surface area (Å²) in [5.74, 6) is -0.532. The van der Waals surface area contributed by atoms with Gasteiger partial charge in [-0.3, -0.25) is 9.59 Å². The fraction of sp³-hybridized carbons (Fsp3) is 0.368. The molecule has 1 aromatic rings. The monoisotopic (exact) mass is 345 g/mol. The Morgan fingerprint density at radius 2 is 1.60 bits per heavy atom. The summed E-state index contributed by atoms with van der Waals surface area (Å²) in [7, 11) is 1.61. The summed E-state index contributed by atoms with van der Waals surface area (Å²) in [5.41, 5.74) is 0.0416. The maximum Gasteiger partial charge on any atom is 0.331 e. The molecule has 134 valence electrons. The molecular weight excluding hydrogens is 322 g/mol. The molecule has 0 saturated heterocycles. The summed E-state index contributed by atoms with van der Waals surface area (Å²) in [6, 6.07) is 7.47. The molecule has 0 amide bonds. The van der Waals surface area contributed by atoms with E-state index in [2.05, 4.69) is 0 Å². The molecule has 1 aliphatic heterocycles. The van der Waals surface area contributed by atoms with Crippen LogP contribution >= 0.6 is 0 Å². The molecule has 0 saturated carbocycles. The first-order valence-corrected chi connectivity index (χ1v) is 8.15. The third-order valence-electron chi connectivity index (χ3n) is 3.88. The molecule has 0 atom stereocenters. The lowest BCUT2D eigenvalue weighted by Crippen LogP contribution is -2.42. The molecule has 0 N–H and O–H groups in total. The molecular formula is C19H23NO5. The van der Waals surface area contributed by atoms with Crippen LogP contribution in [0.5, 0.6) is 5.75 Å². The second-order valence-corrected chi connectivity index (χ2v) is 5.48. The minimum Gasteiger partial charge on any atom is -0.497 e. The SMILES string of the molecule is CCOC(=O)C1(C(=O)OCC)C=CN(c2ccc(OC)cc2)C(C)=C1. The fourth-order valence-corrected chi connectivity index (χ4v) is 2.63. The van der Waals surface area contributed by atoms with Crippen LogP contribution in [0.15, 0.2) is 48.3 Å². The first-order valence-electron chi connectivity index (χ1n) is 8.15. The summed E-state index contributed by atoms with van der Waals surface area (Å²) in [4.78, 5) is 26.8. The summed E-state index contributed by atoms with van der Waals surface area (Å²) in [6.45, 7) is 5.58. The van der Waals surface area contributed by atoms with Crippen molar-refractivity contribution < 1.29 is 23.8 Å². The molecule has 1 aliphatic rings. The van der Waals surface area contributed by atoms with Gasteiger partial charge in [0.15, 0.2) is 0 Å². The Labute approximate surface area is 147 Å². The van der Waals surface area contributed by atoms with Crippen molar-refractivity contribution in [2.75, 3.05) is 25.2 Å².